The van der Waals surface area contributed by atoms with Crippen LogP contribution < -0.4 is 0 Å². The van der Waals surface area contributed by atoms with Crippen molar-refractivity contribution in [2.75, 3.05) is 12.4 Å². The van der Waals surface area contributed by atoms with Crippen molar-refractivity contribution in [3.63, 3.8) is 0 Å². The van der Waals surface area contributed by atoms with Gasteiger partial charge in [-0.15, -0.1) is 11.8 Å². The lowest BCUT2D eigenvalue weighted by molar-refractivity contribution is -0.139. The molecule has 0 saturated carbocycles. The lowest BCUT2D eigenvalue weighted by Crippen LogP contribution is -2.16. The third kappa shape index (κ3) is 4.57. The van der Waals surface area contributed by atoms with Gasteiger partial charge in [0, 0.05) is 20.9 Å². The first-order valence-corrected chi connectivity index (χ1v) is 10.3. The summed E-state index contributed by atoms with van der Waals surface area (Å²) < 4.78 is 5.21. The Morgan fingerprint density at radius 2 is 1.64 bits per heavy atom. The van der Waals surface area contributed by atoms with Gasteiger partial charge in [-0.1, -0.05) is 41.9 Å². The van der Waals surface area contributed by atoms with Crippen LogP contribution in [0.4, 0.5) is 0 Å². The first kappa shape index (κ1) is 20.4. The number of ether oxygens (including phenoxy) is 1. The van der Waals surface area contributed by atoms with Crippen LogP contribution in [-0.4, -0.2) is 24.1 Å². The van der Waals surface area contributed by atoms with Crippen LogP contribution >= 0.6 is 23.4 Å². The smallest absolute Gasteiger partial charge is 0.316 e. The van der Waals surface area contributed by atoms with Gasteiger partial charge in [0.25, 0.3) is 0 Å². The zero-order chi connectivity index (χ0) is 20.3. The van der Waals surface area contributed by atoms with E-state index in [0.29, 0.717) is 10.6 Å². The summed E-state index contributed by atoms with van der Waals surface area (Å²) in [6.07, 6.45) is 0. The van der Waals surface area contributed by atoms with Crippen LogP contribution in [0.3, 0.4) is 0 Å². The molecule has 3 nitrogen and oxygen atoms in total. The van der Waals surface area contributed by atoms with Crippen LogP contribution in [0.1, 0.15) is 27.0 Å². The third-order valence-electron chi connectivity index (χ3n) is 4.67. The summed E-state index contributed by atoms with van der Waals surface area (Å²) in [5.41, 5.74) is 3.67. The van der Waals surface area contributed by atoms with Gasteiger partial charge in [0.2, 0.25) is 5.78 Å². The van der Waals surface area contributed by atoms with Crippen LogP contribution in [0.2, 0.25) is 5.02 Å². The Morgan fingerprint density at radius 3 is 2.39 bits per heavy atom. The first-order valence-electron chi connectivity index (χ1n) is 8.93. The number of hydrogen-bond acceptors (Lipinski definition) is 4. The number of esters is 1. The highest BCUT2D eigenvalue weighted by atomic mass is 35.5. The lowest BCUT2D eigenvalue weighted by atomic mass is 9.98. The molecular formula is C23H21ClO3S. The van der Waals surface area contributed by atoms with E-state index in [-0.39, 0.29) is 18.1 Å². The van der Waals surface area contributed by atoms with Gasteiger partial charge < -0.3 is 4.74 Å². The second-order valence-electron chi connectivity index (χ2n) is 6.72. The molecular weight excluding hydrogens is 392 g/mol. The first-order chi connectivity index (χ1) is 13.4. The van der Waals surface area contributed by atoms with E-state index in [1.165, 1.54) is 11.8 Å². The van der Waals surface area contributed by atoms with Gasteiger partial charge >= 0.3 is 5.97 Å². The molecule has 0 aliphatic rings. The van der Waals surface area contributed by atoms with Gasteiger partial charge in [-0.05, 0) is 61.0 Å². The highest BCUT2D eigenvalue weighted by Gasteiger charge is 2.14. The standard InChI is InChI=1S/C23H21ClO3S/c1-14-10-16(3)18(11-15(14)2)20(25)12-27-22(26)13-28-21-9-5-7-17-6-4-8-19(24)23(17)21/h4-11H,12-13H2,1-3H3. The predicted molar refractivity (Wildman–Crippen MR) is 116 cm³/mol. The molecule has 0 fully saturated rings. The van der Waals surface area contributed by atoms with Gasteiger partial charge in [0.15, 0.2) is 6.61 Å². The molecule has 0 bridgehead atoms. The van der Waals surface area contributed by atoms with Crippen LogP contribution in [0.5, 0.6) is 0 Å². The van der Waals surface area contributed by atoms with E-state index < -0.39 is 5.97 Å². The molecule has 0 aliphatic carbocycles. The van der Waals surface area contributed by atoms with Gasteiger partial charge in [0.1, 0.15) is 0 Å². The Labute approximate surface area is 174 Å². The molecule has 3 aromatic carbocycles. The monoisotopic (exact) mass is 412 g/mol. The maximum absolute atomic E-state index is 12.4. The van der Waals surface area contributed by atoms with Crippen molar-refractivity contribution in [2.45, 2.75) is 25.7 Å². The summed E-state index contributed by atoms with van der Waals surface area (Å²) in [6.45, 7) is 5.61. The molecule has 0 amide bonds. The molecule has 3 aromatic rings. The van der Waals surface area contributed by atoms with Crippen molar-refractivity contribution in [1.29, 1.82) is 0 Å². The van der Waals surface area contributed by atoms with Crippen LogP contribution in [0, 0.1) is 20.8 Å². The Morgan fingerprint density at radius 1 is 0.964 bits per heavy atom. The summed E-state index contributed by atoms with van der Waals surface area (Å²) in [4.78, 5) is 25.5. The van der Waals surface area contributed by atoms with E-state index in [1.54, 1.807) is 0 Å². The van der Waals surface area contributed by atoms with Gasteiger partial charge in [-0.3, -0.25) is 9.59 Å². The van der Waals surface area contributed by atoms with E-state index in [0.717, 1.165) is 32.4 Å². The predicted octanol–water partition coefficient (Wildman–Crippen LogP) is 5.94. The number of benzene rings is 3. The summed E-state index contributed by atoms with van der Waals surface area (Å²) in [5.74, 6) is -0.500. The highest BCUT2D eigenvalue weighted by molar-refractivity contribution is 8.00. The SMILES string of the molecule is Cc1cc(C)c(C(=O)COC(=O)CSc2cccc3cccc(Cl)c23)cc1C. The fourth-order valence-corrected chi connectivity index (χ4v) is 4.29. The zero-order valence-corrected chi connectivity index (χ0v) is 17.6. The summed E-state index contributed by atoms with van der Waals surface area (Å²) in [6, 6.07) is 15.4. The number of hydrogen-bond donors (Lipinski definition) is 0. The maximum atomic E-state index is 12.4. The fraction of sp³-hybridized carbons (Fsp3) is 0.217. The van der Waals surface area contributed by atoms with Gasteiger partial charge in [-0.2, -0.15) is 0 Å². The normalized spacial score (nSPS) is 10.9. The average molecular weight is 413 g/mol. The largest absolute Gasteiger partial charge is 0.457 e. The average Bonchev–Trinajstić information content (AvgIpc) is 2.67. The van der Waals surface area contributed by atoms with Crippen LogP contribution in [0.15, 0.2) is 53.4 Å². The maximum Gasteiger partial charge on any atom is 0.316 e. The molecule has 144 valence electrons. The molecule has 0 radical (unpaired) electrons. The van der Waals surface area contributed by atoms with Crippen molar-refractivity contribution < 1.29 is 14.3 Å². The van der Waals surface area contributed by atoms with Crippen molar-refractivity contribution in [2.24, 2.45) is 0 Å². The molecule has 0 aliphatic heterocycles. The van der Waals surface area contributed by atoms with E-state index in [1.807, 2.05) is 69.3 Å². The molecule has 0 atom stereocenters. The third-order valence-corrected chi connectivity index (χ3v) is 6.01. The van der Waals surface area contributed by atoms with Crippen molar-refractivity contribution in [3.8, 4) is 0 Å². The lowest BCUT2D eigenvalue weighted by Gasteiger charge is -2.10. The minimum atomic E-state index is -0.427. The number of rotatable bonds is 6. The number of Topliss-reactive ketones (excluding diaryl/α,β-unsaturated/α-hetero) is 1. The van der Waals surface area contributed by atoms with Crippen LogP contribution in [-0.2, 0) is 9.53 Å². The van der Waals surface area contributed by atoms with E-state index >= 15 is 0 Å². The number of halogens is 1. The highest BCUT2D eigenvalue weighted by Crippen LogP contribution is 2.33. The number of carbonyl (C=O) groups is 2. The number of fused-ring (bicyclic) bond motifs is 1. The quantitative estimate of drug-likeness (QED) is 0.285. The topological polar surface area (TPSA) is 43.4 Å². The summed E-state index contributed by atoms with van der Waals surface area (Å²) in [5, 5.41) is 2.59. The summed E-state index contributed by atoms with van der Waals surface area (Å²) in [7, 11) is 0. The molecule has 0 unspecified atom stereocenters. The molecule has 0 heterocycles. The zero-order valence-electron chi connectivity index (χ0n) is 16.0. The molecule has 0 spiro atoms. The molecule has 0 aromatic heterocycles. The number of ketones is 1. The number of thioether (sulfide) groups is 1. The van der Waals surface area contributed by atoms with Gasteiger partial charge in [-0.25, -0.2) is 0 Å². The van der Waals surface area contributed by atoms with Gasteiger partial charge in [0.05, 0.1) is 5.75 Å². The van der Waals surface area contributed by atoms with E-state index in [2.05, 4.69) is 0 Å². The second-order valence-corrected chi connectivity index (χ2v) is 8.14. The Bertz CT molecular complexity index is 1050. The Balaban J connectivity index is 1.61. The number of carbonyl (C=O) groups excluding carboxylic acids is 2. The molecule has 28 heavy (non-hydrogen) atoms. The second kappa shape index (κ2) is 8.80. The minimum absolute atomic E-state index is 0.115. The number of aryl methyl sites for hydroxylation is 3. The van der Waals surface area contributed by atoms with Crippen molar-refractivity contribution in [3.05, 3.63) is 75.8 Å². The van der Waals surface area contributed by atoms with Crippen molar-refractivity contribution >= 4 is 45.9 Å². The van der Waals surface area contributed by atoms with Crippen LogP contribution in [0.25, 0.3) is 10.8 Å². The molecule has 0 saturated heterocycles. The Hall–Kier alpha value is -2.30. The van der Waals surface area contributed by atoms with Crippen molar-refractivity contribution in [1.82, 2.24) is 0 Å². The molecule has 5 heteroatoms. The molecule has 3 rings (SSSR count). The Kier molecular flexibility index (Phi) is 6.42. The minimum Gasteiger partial charge on any atom is -0.457 e. The molecule has 0 N–H and O–H groups in total. The fourth-order valence-electron chi connectivity index (χ4n) is 3.05. The summed E-state index contributed by atoms with van der Waals surface area (Å²) >= 11 is 7.67. The van der Waals surface area contributed by atoms with E-state index in [4.69, 9.17) is 16.3 Å². The van der Waals surface area contributed by atoms with E-state index in [9.17, 15) is 9.59 Å².